The standard InChI is InChI=1S/C16H22N2O4S/c1-10-5-6-14(23(17,21)22)9-15(10)16(20)18-11-3-2-4-12(18)8-13(19)7-11/h5-6,9,11-13,19H,2-4,7-8H2,1H3,(H2,17,21,22)/t11-,12+,13?. The molecule has 0 saturated carbocycles. The lowest BCUT2D eigenvalue weighted by molar-refractivity contribution is -0.0151. The van der Waals surface area contributed by atoms with Crippen molar-refractivity contribution in [2.45, 2.75) is 62.1 Å². The Morgan fingerprint density at radius 3 is 2.43 bits per heavy atom. The van der Waals surface area contributed by atoms with Crippen LogP contribution in [0.4, 0.5) is 0 Å². The summed E-state index contributed by atoms with van der Waals surface area (Å²) in [5.41, 5.74) is 1.11. The van der Waals surface area contributed by atoms with Gasteiger partial charge in [0, 0.05) is 17.6 Å². The number of aryl methyl sites for hydroxylation is 1. The maximum absolute atomic E-state index is 13.0. The molecule has 1 aromatic carbocycles. The second-order valence-corrected chi connectivity index (χ2v) is 8.16. The van der Waals surface area contributed by atoms with E-state index in [1.165, 1.54) is 12.1 Å². The van der Waals surface area contributed by atoms with Crippen LogP contribution in [-0.2, 0) is 10.0 Å². The quantitative estimate of drug-likeness (QED) is 0.845. The van der Waals surface area contributed by atoms with Gasteiger partial charge in [-0.1, -0.05) is 6.07 Å². The molecule has 1 unspecified atom stereocenters. The Labute approximate surface area is 136 Å². The van der Waals surface area contributed by atoms with Gasteiger partial charge in [0.05, 0.1) is 11.0 Å². The van der Waals surface area contributed by atoms with Gasteiger partial charge in [0.25, 0.3) is 5.91 Å². The highest BCUT2D eigenvalue weighted by Crippen LogP contribution is 2.35. The fourth-order valence-corrected chi connectivity index (χ4v) is 4.37. The number of fused-ring (bicyclic) bond motifs is 2. The molecule has 2 heterocycles. The summed E-state index contributed by atoms with van der Waals surface area (Å²) < 4.78 is 23.1. The van der Waals surface area contributed by atoms with Crippen molar-refractivity contribution in [3.63, 3.8) is 0 Å². The Morgan fingerprint density at radius 2 is 1.87 bits per heavy atom. The number of aliphatic hydroxyl groups excluding tert-OH is 1. The topological polar surface area (TPSA) is 101 Å². The van der Waals surface area contributed by atoms with Gasteiger partial charge in [0.1, 0.15) is 0 Å². The van der Waals surface area contributed by atoms with Crippen molar-refractivity contribution in [2.75, 3.05) is 0 Å². The molecule has 3 atom stereocenters. The molecule has 23 heavy (non-hydrogen) atoms. The third kappa shape index (κ3) is 3.13. The first-order valence-electron chi connectivity index (χ1n) is 7.91. The lowest BCUT2D eigenvalue weighted by Gasteiger charge is -2.48. The highest BCUT2D eigenvalue weighted by molar-refractivity contribution is 7.89. The molecule has 3 rings (SSSR count). The fourth-order valence-electron chi connectivity index (χ4n) is 3.83. The molecule has 2 bridgehead atoms. The normalized spacial score (nSPS) is 27.8. The predicted octanol–water partition coefficient (Wildman–Crippen LogP) is 1.16. The summed E-state index contributed by atoms with van der Waals surface area (Å²) in [6.45, 7) is 1.79. The van der Waals surface area contributed by atoms with Crippen molar-refractivity contribution in [2.24, 2.45) is 5.14 Å². The molecular weight excluding hydrogens is 316 g/mol. The van der Waals surface area contributed by atoms with Crippen molar-refractivity contribution in [3.8, 4) is 0 Å². The number of sulfonamides is 1. The molecule has 2 aliphatic rings. The van der Waals surface area contributed by atoms with E-state index in [2.05, 4.69) is 0 Å². The minimum absolute atomic E-state index is 0.0301. The van der Waals surface area contributed by atoms with Gasteiger partial charge in [-0.25, -0.2) is 13.6 Å². The molecule has 0 aliphatic carbocycles. The van der Waals surface area contributed by atoms with Gasteiger partial charge < -0.3 is 10.0 Å². The summed E-state index contributed by atoms with van der Waals surface area (Å²) in [4.78, 5) is 14.8. The smallest absolute Gasteiger partial charge is 0.254 e. The third-order valence-corrected chi connectivity index (χ3v) is 5.86. The summed E-state index contributed by atoms with van der Waals surface area (Å²) >= 11 is 0. The van der Waals surface area contributed by atoms with Crippen LogP contribution in [0.2, 0.25) is 0 Å². The van der Waals surface area contributed by atoms with Gasteiger partial charge in [-0.15, -0.1) is 0 Å². The SMILES string of the molecule is Cc1ccc(S(N)(=O)=O)cc1C(=O)N1[C@@H]2CCC[C@H]1CC(O)C2. The first kappa shape index (κ1) is 16.4. The predicted molar refractivity (Wildman–Crippen MR) is 85.4 cm³/mol. The lowest BCUT2D eigenvalue weighted by atomic mass is 9.82. The van der Waals surface area contributed by atoms with E-state index < -0.39 is 10.0 Å². The number of hydrogen-bond donors (Lipinski definition) is 2. The number of amides is 1. The zero-order valence-electron chi connectivity index (χ0n) is 13.1. The van der Waals surface area contributed by atoms with Crippen LogP contribution >= 0.6 is 0 Å². The van der Waals surface area contributed by atoms with E-state index in [4.69, 9.17) is 5.14 Å². The zero-order chi connectivity index (χ0) is 16.8. The molecule has 0 aromatic heterocycles. The van der Waals surface area contributed by atoms with Crippen LogP contribution in [0.25, 0.3) is 0 Å². The van der Waals surface area contributed by atoms with E-state index in [9.17, 15) is 18.3 Å². The molecule has 1 aromatic rings. The van der Waals surface area contributed by atoms with Crippen LogP contribution in [0.5, 0.6) is 0 Å². The number of benzene rings is 1. The highest BCUT2D eigenvalue weighted by atomic mass is 32.2. The van der Waals surface area contributed by atoms with Crippen LogP contribution in [-0.4, -0.2) is 42.5 Å². The number of nitrogens with zero attached hydrogens (tertiary/aromatic N) is 1. The Kier molecular flexibility index (Phi) is 4.20. The number of carbonyl (C=O) groups is 1. The minimum Gasteiger partial charge on any atom is -0.393 e. The van der Waals surface area contributed by atoms with E-state index in [-0.39, 0.29) is 29.0 Å². The van der Waals surface area contributed by atoms with Crippen molar-refractivity contribution in [3.05, 3.63) is 29.3 Å². The van der Waals surface area contributed by atoms with E-state index >= 15 is 0 Å². The molecule has 2 saturated heterocycles. The zero-order valence-corrected chi connectivity index (χ0v) is 13.9. The van der Waals surface area contributed by atoms with Crippen LogP contribution in [0.3, 0.4) is 0 Å². The summed E-state index contributed by atoms with van der Waals surface area (Å²) in [5.74, 6) is -0.158. The molecule has 0 spiro atoms. The van der Waals surface area contributed by atoms with Gasteiger partial charge in [0.2, 0.25) is 10.0 Å². The summed E-state index contributed by atoms with van der Waals surface area (Å²) in [6.07, 6.45) is 3.65. The van der Waals surface area contributed by atoms with Crippen LogP contribution in [0.1, 0.15) is 48.0 Å². The number of nitrogens with two attached hydrogens (primary N) is 1. The second-order valence-electron chi connectivity index (χ2n) is 6.60. The average molecular weight is 338 g/mol. The van der Waals surface area contributed by atoms with Crippen LogP contribution in [0, 0.1) is 6.92 Å². The van der Waals surface area contributed by atoms with Gasteiger partial charge in [-0.3, -0.25) is 4.79 Å². The number of piperidine rings is 2. The van der Waals surface area contributed by atoms with E-state index in [1.807, 2.05) is 4.90 Å². The molecule has 126 valence electrons. The maximum atomic E-state index is 13.0. The molecule has 6 nitrogen and oxygen atoms in total. The number of carbonyl (C=O) groups excluding carboxylic acids is 1. The maximum Gasteiger partial charge on any atom is 0.254 e. The summed E-state index contributed by atoms with van der Waals surface area (Å²) in [7, 11) is -3.84. The number of aliphatic hydroxyl groups is 1. The van der Waals surface area contributed by atoms with E-state index in [0.29, 0.717) is 18.4 Å². The van der Waals surface area contributed by atoms with Gasteiger partial charge in [0.15, 0.2) is 0 Å². The highest BCUT2D eigenvalue weighted by Gasteiger charge is 2.40. The minimum atomic E-state index is -3.84. The van der Waals surface area contributed by atoms with Crippen LogP contribution in [0.15, 0.2) is 23.1 Å². The largest absolute Gasteiger partial charge is 0.393 e. The van der Waals surface area contributed by atoms with Crippen LogP contribution < -0.4 is 5.14 Å². The fraction of sp³-hybridized carbons (Fsp3) is 0.562. The molecule has 1 amide bonds. The molecule has 0 radical (unpaired) electrons. The van der Waals surface area contributed by atoms with E-state index in [1.54, 1.807) is 13.0 Å². The average Bonchev–Trinajstić information content (AvgIpc) is 2.44. The first-order valence-corrected chi connectivity index (χ1v) is 9.46. The van der Waals surface area contributed by atoms with Gasteiger partial charge in [-0.05, 0) is 56.7 Å². The van der Waals surface area contributed by atoms with Gasteiger partial charge in [-0.2, -0.15) is 0 Å². The van der Waals surface area contributed by atoms with Crippen molar-refractivity contribution in [1.29, 1.82) is 0 Å². The Bertz CT molecular complexity index is 718. The Balaban J connectivity index is 1.97. The van der Waals surface area contributed by atoms with Crippen molar-refractivity contribution < 1.29 is 18.3 Å². The number of rotatable bonds is 2. The number of hydrogen-bond acceptors (Lipinski definition) is 4. The van der Waals surface area contributed by atoms with Crippen molar-refractivity contribution in [1.82, 2.24) is 4.90 Å². The molecular formula is C16H22N2O4S. The second kappa shape index (κ2) is 5.89. The van der Waals surface area contributed by atoms with Gasteiger partial charge >= 0.3 is 0 Å². The van der Waals surface area contributed by atoms with Crippen molar-refractivity contribution >= 4 is 15.9 Å². The Hall–Kier alpha value is -1.44. The molecule has 3 N–H and O–H groups in total. The first-order chi connectivity index (χ1) is 10.8. The molecule has 2 fully saturated rings. The Morgan fingerprint density at radius 1 is 1.26 bits per heavy atom. The number of primary sulfonamides is 1. The third-order valence-electron chi connectivity index (χ3n) is 4.95. The molecule has 7 heteroatoms. The van der Waals surface area contributed by atoms with E-state index in [0.717, 1.165) is 24.8 Å². The summed E-state index contributed by atoms with van der Waals surface area (Å²) in [5, 5.41) is 15.1. The lowest BCUT2D eigenvalue weighted by Crippen LogP contribution is -2.56. The molecule has 2 aliphatic heterocycles. The summed E-state index contributed by atoms with van der Waals surface area (Å²) in [6, 6.07) is 4.46. The monoisotopic (exact) mass is 338 g/mol.